The number of cyclic esters (lactones) is 1. The first-order chi connectivity index (χ1) is 17.3. The molecule has 0 amide bonds. The van der Waals surface area contributed by atoms with Gasteiger partial charge in [0.1, 0.15) is 11.9 Å². The first kappa shape index (κ1) is 32.0. The third-order valence-electron chi connectivity index (χ3n) is 6.42. The molecule has 0 saturated heterocycles. The molecule has 6 nitrogen and oxygen atoms in total. The zero-order valence-electron chi connectivity index (χ0n) is 23.3. The summed E-state index contributed by atoms with van der Waals surface area (Å²) < 4.78 is 5.23. The van der Waals surface area contributed by atoms with Gasteiger partial charge in [-0.05, 0) is 51.5 Å². The minimum Gasteiger partial charge on any atom is -0.478 e. The molecule has 2 N–H and O–H groups in total. The molecule has 0 radical (unpaired) electrons. The lowest BCUT2D eigenvalue weighted by Gasteiger charge is -2.25. The summed E-state index contributed by atoms with van der Waals surface area (Å²) in [5.74, 6) is -2.16. The van der Waals surface area contributed by atoms with Crippen LogP contribution in [0.5, 0.6) is 0 Å². The maximum atomic E-state index is 12.9. The van der Waals surface area contributed by atoms with Gasteiger partial charge in [0, 0.05) is 30.4 Å². The minimum absolute atomic E-state index is 0.0372. The summed E-state index contributed by atoms with van der Waals surface area (Å²) in [5, 5.41) is 19.5. The number of Topliss-reactive ketones (excluding diaryl/α,β-unsaturated/α-hetero) is 1. The maximum Gasteiger partial charge on any atom is 0.331 e. The first-order valence-corrected chi connectivity index (χ1v) is 13.0. The Labute approximate surface area is 222 Å². The normalized spacial score (nSPS) is 21.6. The molecule has 6 atom stereocenters. The van der Waals surface area contributed by atoms with E-state index in [2.05, 4.69) is 19.1 Å². The number of hydrogen-bond donors (Lipinski definition) is 2. The van der Waals surface area contributed by atoms with E-state index >= 15 is 0 Å². The number of allylic oxidation sites excluding steroid dienone is 8. The molecule has 0 aromatic carbocycles. The Morgan fingerprint density at radius 2 is 1.73 bits per heavy atom. The van der Waals surface area contributed by atoms with E-state index in [-0.39, 0.29) is 29.7 Å². The number of ether oxygens (including phenoxy) is 1. The highest BCUT2D eigenvalue weighted by atomic mass is 16.5. The summed E-state index contributed by atoms with van der Waals surface area (Å²) in [7, 11) is 0. The molecular weight excluding hydrogens is 468 g/mol. The van der Waals surface area contributed by atoms with Crippen molar-refractivity contribution in [3.8, 4) is 0 Å². The predicted octanol–water partition coefficient (Wildman–Crippen LogP) is 6.15. The van der Waals surface area contributed by atoms with Crippen molar-refractivity contribution in [2.75, 3.05) is 0 Å². The van der Waals surface area contributed by atoms with Crippen LogP contribution in [0.15, 0.2) is 71.4 Å². The number of carboxylic acid groups (broad SMARTS) is 1. The molecule has 0 aromatic heterocycles. The lowest BCUT2D eigenvalue weighted by Crippen LogP contribution is -2.34. The van der Waals surface area contributed by atoms with Crippen LogP contribution in [0.1, 0.15) is 67.7 Å². The number of aliphatic hydroxyl groups is 1. The summed E-state index contributed by atoms with van der Waals surface area (Å²) in [6, 6.07) is 0. The second kappa shape index (κ2) is 16.0. The van der Waals surface area contributed by atoms with Crippen molar-refractivity contribution < 1.29 is 29.3 Å². The molecule has 0 saturated carbocycles. The van der Waals surface area contributed by atoms with Crippen molar-refractivity contribution in [2.45, 2.75) is 79.9 Å². The largest absolute Gasteiger partial charge is 0.478 e. The van der Waals surface area contributed by atoms with Crippen molar-refractivity contribution in [2.24, 2.45) is 23.7 Å². The van der Waals surface area contributed by atoms with E-state index in [9.17, 15) is 19.5 Å². The van der Waals surface area contributed by atoms with Crippen LogP contribution in [0.4, 0.5) is 0 Å². The quantitative estimate of drug-likeness (QED) is 0.164. The molecular formula is C31H44O6. The number of carbonyl (C=O) groups excluding carboxylic acids is 2. The Morgan fingerprint density at radius 3 is 2.35 bits per heavy atom. The van der Waals surface area contributed by atoms with Gasteiger partial charge in [0.25, 0.3) is 0 Å². The Kier molecular flexibility index (Phi) is 13.8. The third kappa shape index (κ3) is 12.7. The summed E-state index contributed by atoms with van der Waals surface area (Å²) in [6.45, 7) is 13.2. The molecule has 1 aliphatic heterocycles. The Hall–Kier alpha value is -2.99. The maximum absolute atomic E-state index is 12.9. The Morgan fingerprint density at radius 1 is 1.08 bits per heavy atom. The van der Waals surface area contributed by atoms with Gasteiger partial charge in [-0.2, -0.15) is 0 Å². The van der Waals surface area contributed by atoms with Crippen LogP contribution in [0.2, 0.25) is 0 Å². The topological polar surface area (TPSA) is 101 Å². The molecule has 1 heterocycles. The number of ketones is 1. The highest BCUT2D eigenvalue weighted by Gasteiger charge is 2.29. The Bertz CT molecular complexity index is 978. The molecule has 0 unspecified atom stereocenters. The van der Waals surface area contributed by atoms with E-state index in [1.807, 2.05) is 58.1 Å². The number of rotatable bonds is 14. The van der Waals surface area contributed by atoms with Gasteiger partial charge in [0.2, 0.25) is 0 Å². The smallest absolute Gasteiger partial charge is 0.331 e. The lowest BCUT2D eigenvalue weighted by molar-refractivity contribution is -0.141. The van der Waals surface area contributed by atoms with Gasteiger partial charge in [0.15, 0.2) is 0 Å². The molecule has 0 bridgehead atoms. The van der Waals surface area contributed by atoms with Gasteiger partial charge in [-0.25, -0.2) is 9.59 Å². The van der Waals surface area contributed by atoms with Crippen LogP contribution in [0.25, 0.3) is 0 Å². The molecule has 0 aromatic rings. The number of carboxylic acids is 1. The summed E-state index contributed by atoms with van der Waals surface area (Å²) in [5.41, 5.74) is 2.75. The van der Waals surface area contributed by atoms with Crippen LogP contribution in [0.3, 0.4) is 0 Å². The fourth-order valence-electron chi connectivity index (χ4n) is 4.46. The second-order valence-corrected chi connectivity index (χ2v) is 10.4. The number of hydrogen-bond acceptors (Lipinski definition) is 5. The zero-order valence-corrected chi connectivity index (χ0v) is 23.3. The van der Waals surface area contributed by atoms with E-state index in [1.54, 1.807) is 13.8 Å². The number of aliphatic hydroxyl groups excluding tert-OH is 1. The molecule has 1 aliphatic rings. The third-order valence-corrected chi connectivity index (χ3v) is 6.42. The van der Waals surface area contributed by atoms with Crippen molar-refractivity contribution in [1.29, 1.82) is 0 Å². The van der Waals surface area contributed by atoms with Crippen LogP contribution in [-0.2, 0) is 19.1 Å². The van der Waals surface area contributed by atoms with E-state index in [0.717, 1.165) is 23.6 Å². The van der Waals surface area contributed by atoms with Crippen molar-refractivity contribution in [3.63, 3.8) is 0 Å². The summed E-state index contributed by atoms with van der Waals surface area (Å²) in [6.07, 6.45) is 17.4. The highest BCUT2D eigenvalue weighted by Crippen LogP contribution is 2.24. The molecule has 6 heteroatoms. The molecule has 0 spiro atoms. The molecule has 1 rings (SSSR count). The number of carbonyl (C=O) groups is 3. The van der Waals surface area contributed by atoms with Gasteiger partial charge in [0.05, 0.1) is 6.10 Å². The average molecular weight is 513 g/mol. The standard InChI is InChI=1S/C31H44O6/c1-20(16-22(3)14-15-27-12-9-13-29(34)37-27)10-8-11-21(2)17-24(5)30(35)26(7)31(36)25(6)18-23(4)19-28(32)33/h8-9,11,13-17,19-20,24-27,31,36H,10,12,18H2,1-7H3,(H,32,33)/b11-8+,15-14+,21-17+,22-16-,23-19+/t20-,24+,25-,26+,27+,31-/m1/s1. The number of esters is 1. The van der Waals surface area contributed by atoms with Crippen LogP contribution >= 0.6 is 0 Å². The van der Waals surface area contributed by atoms with E-state index in [4.69, 9.17) is 9.84 Å². The van der Waals surface area contributed by atoms with E-state index in [0.29, 0.717) is 24.3 Å². The fourth-order valence-corrected chi connectivity index (χ4v) is 4.46. The summed E-state index contributed by atoms with van der Waals surface area (Å²) >= 11 is 0. The van der Waals surface area contributed by atoms with Gasteiger partial charge in [-0.3, -0.25) is 4.79 Å². The number of aliphatic carboxylic acids is 1. The molecule has 0 fully saturated rings. The van der Waals surface area contributed by atoms with Gasteiger partial charge in [-0.15, -0.1) is 0 Å². The Balaban J connectivity index is 2.60. The first-order valence-electron chi connectivity index (χ1n) is 13.0. The average Bonchev–Trinajstić information content (AvgIpc) is 2.80. The monoisotopic (exact) mass is 512 g/mol. The van der Waals surface area contributed by atoms with Crippen LogP contribution < -0.4 is 0 Å². The van der Waals surface area contributed by atoms with Gasteiger partial charge in [-0.1, -0.05) is 80.9 Å². The lowest BCUT2D eigenvalue weighted by atomic mass is 9.83. The summed E-state index contributed by atoms with van der Waals surface area (Å²) in [4.78, 5) is 35.0. The van der Waals surface area contributed by atoms with Crippen LogP contribution in [0, 0.1) is 23.7 Å². The molecule has 204 valence electrons. The van der Waals surface area contributed by atoms with Crippen molar-refractivity contribution in [1.82, 2.24) is 0 Å². The zero-order chi connectivity index (χ0) is 28.1. The van der Waals surface area contributed by atoms with Gasteiger partial charge < -0.3 is 14.9 Å². The van der Waals surface area contributed by atoms with Crippen molar-refractivity contribution >= 4 is 17.7 Å². The van der Waals surface area contributed by atoms with Crippen LogP contribution in [-0.4, -0.2) is 40.1 Å². The highest BCUT2D eigenvalue weighted by molar-refractivity contribution is 5.85. The second-order valence-electron chi connectivity index (χ2n) is 10.4. The SMILES string of the molecule is CC(=C/[C@H](C)C/C=C/C(C)=C/[C@H](C)C(=O)[C@H](C)[C@H](O)[C@H](C)C/C(C)=C/C(=O)O)/C=C/[C@@H]1CC=CC(=O)O1. The minimum atomic E-state index is -1.01. The fraction of sp³-hybridized carbons (Fsp3) is 0.516. The van der Waals surface area contributed by atoms with Gasteiger partial charge >= 0.3 is 11.9 Å². The predicted molar refractivity (Wildman–Crippen MR) is 148 cm³/mol. The molecule has 37 heavy (non-hydrogen) atoms. The molecule has 0 aliphatic carbocycles. The van der Waals surface area contributed by atoms with Crippen molar-refractivity contribution in [3.05, 3.63) is 71.4 Å². The van der Waals surface area contributed by atoms with E-state index in [1.165, 1.54) is 6.08 Å². The van der Waals surface area contributed by atoms with E-state index < -0.39 is 18.0 Å².